The summed E-state index contributed by atoms with van der Waals surface area (Å²) < 4.78 is 5.89. The molecule has 1 aromatic carbocycles. The average molecular weight is 222 g/mol. The number of nitrogens with zero attached hydrogens (tertiary/aromatic N) is 1. The lowest BCUT2D eigenvalue weighted by atomic mass is 10.2. The minimum absolute atomic E-state index is 0.224. The molecule has 0 aromatic heterocycles. The summed E-state index contributed by atoms with van der Waals surface area (Å²) in [5, 5.41) is 0. The van der Waals surface area contributed by atoms with Crippen LogP contribution < -0.4 is 15.4 Å². The Morgan fingerprint density at radius 2 is 2.12 bits per heavy atom. The SMILES string of the molecule is CCC(CCN)Oc1cccc(N(C)C)c1. The van der Waals surface area contributed by atoms with Crippen molar-refractivity contribution in [1.29, 1.82) is 0 Å². The van der Waals surface area contributed by atoms with Gasteiger partial charge in [-0.2, -0.15) is 0 Å². The van der Waals surface area contributed by atoms with E-state index in [0.29, 0.717) is 6.54 Å². The summed E-state index contributed by atoms with van der Waals surface area (Å²) in [7, 11) is 4.05. The summed E-state index contributed by atoms with van der Waals surface area (Å²) in [5.74, 6) is 0.923. The highest BCUT2D eigenvalue weighted by atomic mass is 16.5. The molecule has 1 unspecified atom stereocenters. The largest absolute Gasteiger partial charge is 0.490 e. The van der Waals surface area contributed by atoms with Crippen LogP contribution in [0.5, 0.6) is 5.75 Å². The van der Waals surface area contributed by atoms with Crippen molar-refractivity contribution in [3.8, 4) is 5.75 Å². The normalized spacial score (nSPS) is 12.2. The Bertz CT molecular complexity index is 313. The van der Waals surface area contributed by atoms with Crippen molar-refractivity contribution in [2.75, 3.05) is 25.5 Å². The number of nitrogens with two attached hydrogens (primary N) is 1. The summed E-state index contributed by atoms with van der Waals surface area (Å²) >= 11 is 0. The summed E-state index contributed by atoms with van der Waals surface area (Å²) in [6.45, 7) is 2.79. The number of ether oxygens (including phenoxy) is 1. The summed E-state index contributed by atoms with van der Waals surface area (Å²) in [6.07, 6.45) is 2.12. The standard InChI is InChI=1S/C13H22N2O/c1-4-12(8-9-14)16-13-7-5-6-11(10-13)15(2)3/h5-7,10,12H,4,8-9,14H2,1-3H3. The zero-order valence-electron chi connectivity index (χ0n) is 10.4. The number of hydrogen-bond donors (Lipinski definition) is 1. The maximum atomic E-state index is 5.89. The molecule has 0 amide bonds. The first-order valence-corrected chi connectivity index (χ1v) is 5.81. The molecule has 3 nitrogen and oxygen atoms in total. The second-order valence-electron chi connectivity index (χ2n) is 4.12. The van der Waals surface area contributed by atoms with Gasteiger partial charge < -0.3 is 15.4 Å². The van der Waals surface area contributed by atoms with Crippen LogP contribution >= 0.6 is 0 Å². The van der Waals surface area contributed by atoms with E-state index in [4.69, 9.17) is 10.5 Å². The van der Waals surface area contributed by atoms with Gasteiger partial charge in [-0.3, -0.25) is 0 Å². The van der Waals surface area contributed by atoms with Crippen LogP contribution in [0.4, 0.5) is 5.69 Å². The van der Waals surface area contributed by atoms with Crippen LogP contribution in [0.3, 0.4) is 0 Å². The van der Waals surface area contributed by atoms with Gasteiger partial charge in [0, 0.05) is 25.8 Å². The van der Waals surface area contributed by atoms with Crippen molar-refractivity contribution in [2.24, 2.45) is 5.73 Å². The van der Waals surface area contributed by atoms with Crippen molar-refractivity contribution in [2.45, 2.75) is 25.9 Å². The van der Waals surface area contributed by atoms with Gasteiger partial charge >= 0.3 is 0 Å². The Kier molecular flexibility index (Phi) is 5.12. The van der Waals surface area contributed by atoms with E-state index in [1.165, 1.54) is 0 Å². The van der Waals surface area contributed by atoms with Gasteiger partial charge in [-0.25, -0.2) is 0 Å². The second kappa shape index (κ2) is 6.38. The molecule has 0 heterocycles. The Morgan fingerprint density at radius 1 is 1.38 bits per heavy atom. The van der Waals surface area contributed by atoms with Crippen molar-refractivity contribution >= 4 is 5.69 Å². The molecule has 2 N–H and O–H groups in total. The van der Waals surface area contributed by atoms with E-state index in [1.54, 1.807) is 0 Å². The molecule has 1 atom stereocenters. The van der Waals surface area contributed by atoms with Gasteiger partial charge in [-0.15, -0.1) is 0 Å². The van der Waals surface area contributed by atoms with E-state index in [1.807, 2.05) is 26.2 Å². The summed E-state index contributed by atoms with van der Waals surface area (Å²) in [5.41, 5.74) is 6.70. The average Bonchev–Trinajstić information content (AvgIpc) is 2.29. The third-order valence-corrected chi connectivity index (χ3v) is 2.58. The van der Waals surface area contributed by atoms with E-state index in [0.717, 1.165) is 24.3 Å². The Morgan fingerprint density at radius 3 is 2.69 bits per heavy atom. The molecule has 0 fully saturated rings. The Balaban J connectivity index is 2.68. The van der Waals surface area contributed by atoms with Gasteiger partial charge in [-0.05, 0) is 31.5 Å². The maximum absolute atomic E-state index is 5.89. The van der Waals surface area contributed by atoms with E-state index in [9.17, 15) is 0 Å². The molecular weight excluding hydrogens is 200 g/mol. The molecule has 0 aliphatic carbocycles. The molecule has 0 aliphatic heterocycles. The zero-order valence-corrected chi connectivity index (χ0v) is 10.4. The highest BCUT2D eigenvalue weighted by molar-refractivity contribution is 5.49. The first kappa shape index (κ1) is 12.8. The fourth-order valence-corrected chi connectivity index (χ4v) is 1.56. The lowest BCUT2D eigenvalue weighted by Gasteiger charge is -2.19. The fourth-order valence-electron chi connectivity index (χ4n) is 1.56. The van der Waals surface area contributed by atoms with Gasteiger partial charge in [0.2, 0.25) is 0 Å². The van der Waals surface area contributed by atoms with E-state index in [2.05, 4.69) is 24.0 Å². The monoisotopic (exact) mass is 222 g/mol. The van der Waals surface area contributed by atoms with Crippen LogP contribution in [0.25, 0.3) is 0 Å². The number of rotatable bonds is 6. The highest BCUT2D eigenvalue weighted by Crippen LogP contribution is 2.21. The molecule has 0 saturated heterocycles. The molecular formula is C13H22N2O. The van der Waals surface area contributed by atoms with Gasteiger partial charge in [0.15, 0.2) is 0 Å². The van der Waals surface area contributed by atoms with Crippen molar-refractivity contribution in [1.82, 2.24) is 0 Å². The third-order valence-electron chi connectivity index (χ3n) is 2.58. The van der Waals surface area contributed by atoms with Gasteiger partial charge in [-0.1, -0.05) is 13.0 Å². The molecule has 3 heteroatoms. The first-order chi connectivity index (χ1) is 7.67. The van der Waals surface area contributed by atoms with Crippen LogP contribution in [0, 0.1) is 0 Å². The van der Waals surface area contributed by atoms with Crippen LogP contribution in [0.15, 0.2) is 24.3 Å². The van der Waals surface area contributed by atoms with Crippen molar-refractivity contribution < 1.29 is 4.74 Å². The van der Waals surface area contributed by atoms with Gasteiger partial charge in [0.05, 0.1) is 6.10 Å². The van der Waals surface area contributed by atoms with Crippen molar-refractivity contribution in [3.05, 3.63) is 24.3 Å². The topological polar surface area (TPSA) is 38.5 Å². The van der Waals surface area contributed by atoms with Crippen LogP contribution in [0.1, 0.15) is 19.8 Å². The number of anilines is 1. The lowest BCUT2D eigenvalue weighted by Crippen LogP contribution is -2.20. The van der Waals surface area contributed by atoms with E-state index < -0.39 is 0 Å². The van der Waals surface area contributed by atoms with Gasteiger partial charge in [0.1, 0.15) is 5.75 Å². The highest BCUT2D eigenvalue weighted by Gasteiger charge is 2.07. The lowest BCUT2D eigenvalue weighted by molar-refractivity contribution is 0.189. The summed E-state index contributed by atoms with van der Waals surface area (Å²) in [4.78, 5) is 2.07. The Labute approximate surface area is 98.2 Å². The quantitative estimate of drug-likeness (QED) is 0.802. The van der Waals surface area contributed by atoms with E-state index in [-0.39, 0.29) is 6.10 Å². The molecule has 1 aromatic rings. The third kappa shape index (κ3) is 3.74. The molecule has 0 aliphatic rings. The van der Waals surface area contributed by atoms with Gasteiger partial charge in [0.25, 0.3) is 0 Å². The molecule has 0 radical (unpaired) electrons. The molecule has 90 valence electrons. The summed E-state index contributed by atoms with van der Waals surface area (Å²) in [6, 6.07) is 8.13. The second-order valence-corrected chi connectivity index (χ2v) is 4.12. The molecule has 1 rings (SSSR count). The van der Waals surface area contributed by atoms with Crippen LogP contribution in [0.2, 0.25) is 0 Å². The molecule has 0 saturated carbocycles. The first-order valence-electron chi connectivity index (χ1n) is 5.81. The maximum Gasteiger partial charge on any atom is 0.121 e. The Hall–Kier alpha value is -1.22. The molecule has 0 bridgehead atoms. The van der Waals surface area contributed by atoms with Crippen LogP contribution in [-0.2, 0) is 0 Å². The molecule has 16 heavy (non-hydrogen) atoms. The predicted molar refractivity (Wildman–Crippen MR) is 69.1 cm³/mol. The van der Waals surface area contributed by atoms with Crippen LogP contribution in [-0.4, -0.2) is 26.7 Å². The zero-order chi connectivity index (χ0) is 12.0. The van der Waals surface area contributed by atoms with E-state index >= 15 is 0 Å². The number of benzene rings is 1. The fraction of sp³-hybridized carbons (Fsp3) is 0.538. The van der Waals surface area contributed by atoms with Crippen molar-refractivity contribution in [3.63, 3.8) is 0 Å². The number of hydrogen-bond acceptors (Lipinski definition) is 3. The smallest absolute Gasteiger partial charge is 0.121 e. The predicted octanol–water partition coefficient (Wildman–Crippen LogP) is 2.26. The molecule has 0 spiro atoms. The minimum Gasteiger partial charge on any atom is -0.490 e. The minimum atomic E-state index is 0.224.